The molecule has 0 aliphatic heterocycles. The van der Waals surface area contributed by atoms with Crippen molar-refractivity contribution in [2.75, 3.05) is 0 Å². The maximum Gasteiger partial charge on any atom is 0.137 e. The van der Waals surface area contributed by atoms with Crippen LogP contribution in [0, 0.1) is 17.1 Å². The van der Waals surface area contributed by atoms with Crippen LogP contribution in [0.4, 0.5) is 4.39 Å². The molecule has 2 aromatic rings. The number of nitriles is 1. The van der Waals surface area contributed by atoms with E-state index in [4.69, 9.17) is 16.3 Å². The lowest BCUT2D eigenvalue weighted by molar-refractivity contribution is 0.242. The summed E-state index contributed by atoms with van der Waals surface area (Å²) >= 11 is 5.73. The zero-order valence-electron chi connectivity index (χ0n) is 11.2. The first kappa shape index (κ1) is 14.4. The molecule has 0 bridgehead atoms. The molecule has 0 aliphatic rings. The predicted molar refractivity (Wildman–Crippen MR) is 77.3 cm³/mol. The number of hydrogen-bond donors (Lipinski definition) is 0. The lowest BCUT2D eigenvalue weighted by atomic mass is 10.0. The van der Waals surface area contributed by atoms with E-state index < -0.39 is 5.82 Å². The average Bonchev–Trinajstić information content (AvgIpc) is 2.39. The molecule has 0 aromatic heterocycles. The SMILES string of the molecule is CC(C)Oc1ccc(-c2ccc(Cl)cc2F)cc1C#N. The van der Waals surface area contributed by atoms with Gasteiger partial charge in [-0.1, -0.05) is 17.7 Å². The zero-order valence-corrected chi connectivity index (χ0v) is 11.9. The third kappa shape index (κ3) is 3.09. The first-order valence-electron chi connectivity index (χ1n) is 6.17. The van der Waals surface area contributed by atoms with E-state index in [1.54, 1.807) is 30.3 Å². The van der Waals surface area contributed by atoms with Crippen molar-refractivity contribution in [1.82, 2.24) is 0 Å². The van der Waals surface area contributed by atoms with Crippen molar-refractivity contribution in [2.24, 2.45) is 0 Å². The molecule has 20 heavy (non-hydrogen) atoms. The van der Waals surface area contributed by atoms with Crippen molar-refractivity contribution in [3.63, 3.8) is 0 Å². The Morgan fingerprint density at radius 3 is 2.55 bits per heavy atom. The summed E-state index contributed by atoms with van der Waals surface area (Å²) in [5.74, 6) is 0.0829. The Morgan fingerprint density at radius 2 is 1.95 bits per heavy atom. The molecule has 0 aliphatic carbocycles. The highest BCUT2D eigenvalue weighted by molar-refractivity contribution is 6.30. The molecule has 0 unspecified atom stereocenters. The van der Waals surface area contributed by atoms with Crippen molar-refractivity contribution >= 4 is 11.6 Å². The highest BCUT2D eigenvalue weighted by atomic mass is 35.5. The van der Waals surface area contributed by atoms with Gasteiger partial charge in [-0.15, -0.1) is 0 Å². The number of rotatable bonds is 3. The van der Waals surface area contributed by atoms with Gasteiger partial charge in [0.15, 0.2) is 0 Å². The summed E-state index contributed by atoms with van der Waals surface area (Å²) in [5.41, 5.74) is 1.40. The molecule has 2 rings (SSSR count). The lowest BCUT2D eigenvalue weighted by Gasteiger charge is -2.12. The Hall–Kier alpha value is -2.05. The Kier molecular flexibility index (Phi) is 4.26. The van der Waals surface area contributed by atoms with Gasteiger partial charge in [0.25, 0.3) is 0 Å². The van der Waals surface area contributed by atoms with Crippen molar-refractivity contribution < 1.29 is 9.13 Å². The molecule has 0 heterocycles. The molecule has 4 heteroatoms. The van der Waals surface area contributed by atoms with Gasteiger partial charge in [0, 0.05) is 10.6 Å². The fraction of sp³-hybridized carbons (Fsp3) is 0.188. The highest BCUT2D eigenvalue weighted by Gasteiger charge is 2.10. The summed E-state index contributed by atoms with van der Waals surface area (Å²) in [6.07, 6.45) is -0.0276. The van der Waals surface area contributed by atoms with Crippen LogP contribution < -0.4 is 4.74 Å². The number of nitrogens with zero attached hydrogens (tertiary/aromatic N) is 1. The fourth-order valence-electron chi connectivity index (χ4n) is 1.87. The number of hydrogen-bond acceptors (Lipinski definition) is 2. The molecule has 2 aromatic carbocycles. The quantitative estimate of drug-likeness (QED) is 0.812. The molecule has 0 atom stereocenters. The first-order chi connectivity index (χ1) is 9.51. The van der Waals surface area contributed by atoms with Crippen molar-refractivity contribution in [3.8, 4) is 22.9 Å². The average molecular weight is 290 g/mol. The second-order valence-electron chi connectivity index (χ2n) is 4.61. The Bertz CT molecular complexity index is 677. The predicted octanol–water partition coefficient (Wildman–Crippen LogP) is 4.80. The fourth-order valence-corrected chi connectivity index (χ4v) is 2.02. The van der Waals surface area contributed by atoms with E-state index in [2.05, 4.69) is 6.07 Å². The highest BCUT2D eigenvalue weighted by Crippen LogP contribution is 2.29. The summed E-state index contributed by atoms with van der Waals surface area (Å²) in [5, 5.41) is 9.51. The van der Waals surface area contributed by atoms with E-state index in [0.29, 0.717) is 27.5 Å². The molecular weight excluding hydrogens is 277 g/mol. The summed E-state index contributed by atoms with van der Waals surface area (Å²) in [6, 6.07) is 11.6. The molecule has 0 spiro atoms. The Morgan fingerprint density at radius 1 is 1.20 bits per heavy atom. The van der Waals surface area contributed by atoms with Crippen molar-refractivity contribution in [1.29, 1.82) is 5.26 Å². The van der Waals surface area contributed by atoms with Gasteiger partial charge < -0.3 is 4.74 Å². The molecule has 0 fully saturated rings. The number of benzene rings is 2. The van der Waals surface area contributed by atoms with E-state index in [1.165, 1.54) is 6.07 Å². The third-order valence-corrected chi connectivity index (χ3v) is 2.94. The van der Waals surface area contributed by atoms with E-state index in [0.717, 1.165) is 0 Å². The first-order valence-corrected chi connectivity index (χ1v) is 6.55. The monoisotopic (exact) mass is 289 g/mol. The second-order valence-corrected chi connectivity index (χ2v) is 5.05. The van der Waals surface area contributed by atoms with Gasteiger partial charge >= 0.3 is 0 Å². The van der Waals surface area contributed by atoms with Crippen molar-refractivity contribution in [3.05, 3.63) is 52.8 Å². The van der Waals surface area contributed by atoms with Crippen LogP contribution in [0.25, 0.3) is 11.1 Å². The summed E-state index contributed by atoms with van der Waals surface area (Å²) in [6.45, 7) is 3.77. The van der Waals surface area contributed by atoms with Gasteiger partial charge in [-0.25, -0.2) is 4.39 Å². The standard InChI is InChI=1S/C16H13ClFNO/c1-10(2)20-16-6-3-11(7-12(16)9-19)14-5-4-13(17)8-15(14)18/h3-8,10H,1-2H3. The zero-order chi connectivity index (χ0) is 14.7. The van der Waals surface area contributed by atoms with Crippen LogP contribution in [0.3, 0.4) is 0 Å². The van der Waals surface area contributed by atoms with E-state index >= 15 is 0 Å². The molecule has 2 nitrogen and oxygen atoms in total. The number of halogens is 2. The van der Waals surface area contributed by atoms with Crippen LogP contribution in [0.2, 0.25) is 5.02 Å². The van der Waals surface area contributed by atoms with E-state index in [-0.39, 0.29) is 6.10 Å². The maximum atomic E-state index is 13.9. The van der Waals surface area contributed by atoms with E-state index in [1.807, 2.05) is 13.8 Å². The summed E-state index contributed by atoms with van der Waals surface area (Å²) in [7, 11) is 0. The van der Waals surface area contributed by atoms with Crippen molar-refractivity contribution in [2.45, 2.75) is 20.0 Å². The molecule has 0 N–H and O–H groups in total. The van der Waals surface area contributed by atoms with Gasteiger partial charge in [0.1, 0.15) is 17.6 Å². The molecular formula is C16H13ClFNO. The minimum Gasteiger partial charge on any atom is -0.490 e. The molecule has 0 saturated heterocycles. The molecule has 0 amide bonds. The number of ether oxygens (including phenoxy) is 1. The van der Waals surface area contributed by atoms with Crippen LogP contribution in [0.1, 0.15) is 19.4 Å². The van der Waals surface area contributed by atoms with Gasteiger partial charge in [-0.05, 0) is 49.7 Å². The van der Waals surface area contributed by atoms with Crippen LogP contribution in [-0.2, 0) is 0 Å². The minimum atomic E-state index is -0.418. The van der Waals surface area contributed by atoms with Crippen LogP contribution >= 0.6 is 11.6 Å². The summed E-state index contributed by atoms with van der Waals surface area (Å²) < 4.78 is 19.4. The van der Waals surface area contributed by atoms with Crippen LogP contribution in [-0.4, -0.2) is 6.10 Å². The minimum absolute atomic E-state index is 0.0276. The van der Waals surface area contributed by atoms with Crippen LogP contribution in [0.5, 0.6) is 5.75 Å². The van der Waals surface area contributed by atoms with Gasteiger partial charge in [0.2, 0.25) is 0 Å². The van der Waals surface area contributed by atoms with Gasteiger partial charge in [-0.2, -0.15) is 5.26 Å². The lowest BCUT2D eigenvalue weighted by Crippen LogP contribution is -2.06. The normalized spacial score (nSPS) is 10.4. The van der Waals surface area contributed by atoms with Crippen LogP contribution in [0.15, 0.2) is 36.4 Å². The maximum absolute atomic E-state index is 13.9. The Balaban J connectivity index is 2.46. The smallest absolute Gasteiger partial charge is 0.137 e. The second kappa shape index (κ2) is 5.94. The van der Waals surface area contributed by atoms with Gasteiger partial charge in [-0.3, -0.25) is 0 Å². The molecule has 0 saturated carbocycles. The largest absolute Gasteiger partial charge is 0.490 e. The molecule has 102 valence electrons. The topological polar surface area (TPSA) is 33.0 Å². The Labute approximate surface area is 122 Å². The van der Waals surface area contributed by atoms with Gasteiger partial charge in [0.05, 0.1) is 11.7 Å². The molecule has 0 radical (unpaired) electrons. The summed E-state index contributed by atoms with van der Waals surface area (Å²) in [4.78, 5) is 0. The third-order valence-electron chi connectivity index (χ3n) is 2.70. The van der Waals surface area contributed by atoms with E-state index in [9.17, 15) is 9.65 Å².